The molecule has 54 heavy (non-hydrogen) atoms. The van der Waals surface area contributed by atoms with E-state index in [0.717, 1.165) is 31.5 Å². The van der Waals surface area contributed by atoms with E-state index in [1.165, 1.54) is 49.6 Å². The van der Waals surface area contributed by atoms with E-state index < -0.39 is 50.7 Å². The predicted molar refractivity (Wildman–Crippen MR) is 190 cm³/mol. The van der Waals surface area contributed by atoms with Crippen molar-refractivity contribution in [2.75, 3.05) is 64.6 Å². The lowest BCUT2D eigenvalue weighted by Gasteiger charge is -2.26. The molecule has 5 rings (SSSR count). The number of morpholine rings is 1. The van der Waals surface area contributed by atoms with Crippen molar-refractivity contribution >= 4 is 33.2 Å². The molecule has 18 heteroatoms. The number of carbonyl (C=O) groups excluding carboxylic acids is 3. The molecular formula is C36H38F4N6O7S. The van der Waals surface area contributed by atoms with E-state index in [2.05, 4.69) is 25.9 Å². The Hall–Kier alpha value is -5.33. The normalized spacial score (nSPS) is 13.7. The van der Waals surface area contributed by atoms with Crippen LogP contribution in [0.2, 0.25) is 0 Å². The number of anilines is 1. The van der Waals surface area contributed by atoms with Gasteiger partial charge in [0.25, 0.3) is 11.8 Å². The molecule has 1 fully saturated rings. The third-order valence-electron chi connectivity index (χ3n) is 8.44. The zero-order chi connectivity index (χ0) is 39.0. The molecular weight excluding hydrogens is 736 g/mol. The topological polar surface area (TPSA) is 161 Å². The molecule has 0 radical (unpaired) electrons. The molecule has 2 heterocycles. The number of amides is 3. The van der Waals surface area contributed by atoms with Crippen LogP contribution in [0.5, 0.6) is 5.75 Å². The molecule has 1 aromatic heterocycles. The fourth-order valence-electron chi connectivity index (χ4n) is 5.69. The SMILES string of the molecule is COc1ccc(-n2nc(C(F)(F)F)cc2C(=O)Nc2ccc(-c3ccccc3S(C)(=O)=O)cc2F)c(C(=O)NCCCC(=O)NCCN2CCOCC2)c1. The van der Waals surface area contributed by atoms with Crippen LogP contribution in [0.3, 0.4) is 0 Å². The summed E-state index contributed by atoms with van der Waals surface area (Å²) in [5, 5.41) is 11.3. The molecule has 288 valence electrons. The maximum atomic E-state index is 15.4. The lowest BCUT2D eigenvalue weighted by Crippen LogP contribution is -2.41. The number of hydrogen-bond donors (Lipinski definition) is 3. The van der Waals surface area contributed by atoms with Gasteiger partial charge >= 0.3 is 6.18 Å². The first kappa shape index (κ1) is 39.9. The molecule has 4 aromatic rings. The van der Waals surface area contributed by atoms with E-state index in [0.29, 0.717) is 37.1 Å². The summed E-state index contributed by atoms with van der Waals surface area (Å²) in [4.78, 5) is 41.4. The summed E-state index contributed by atoms with van der Waals surface area (Å²) < 4.78 is 92.9. The first-order chi connectivity index (χ1) is 25.7. The predicted octanol–water partition coefficient (Wildman–Crippen LogP) is 4.32. The molecule has 1 aliphatic heterocycles. The van der Waals surface area contributed by atoms with E-state index >= 15 is 4.39 Å². The highest BCUT2D eigenvalue weighted by Crippen LogP contribution is 2.33. The van der Waals surface area contributed by atoms with E-state index in [1.54, 1.807) is 6.07 Å². The third-order valence-corrected chi connectivity index (χ3v) is 9.60. The average molecular weight is 775 g/mol. The largest absolute Gasteiger partial charge is 0.497 e. The zero-order valence-corrected chi connectivity index (χ0v) is 30.2. The van der Waals surface area contributed by atoms with Crippen molar-refractivity contribution in [1.82, 2.24) is 25.3 Å². The second kappa shape index (κ2) is 17.2. The number of ether oxygens (including phenoxy) is 2. The van der Waals surface area contributed by atoms with Gasteiger partial charge in [0.15, 0.2) is 15.5 Å². The van der Waals surface area contributed by atoms with Gasteiger partial charge < -0.3 is 25.4 Å². The van der Waals surface area contributed by atoms with Crippen molar-refractivity contribution in [2.45, 2.75) is 23.9 Å². The number of aromatic nitrogens is 2. The van der Waals surface area contributed by atoms with Crippen molar-refractivity contribution in [3.05, 3.63) is 89.5 Å². The molecule has 1 saturated heterocycles. The Bertz CT molecular complexity index is 2120. The summed E-state index contributed by atoms with van der Waals surface area (Å²) in [6.45, 7) is 4.03. The van der Waals surface area contributed by atoms with Crippen molar-refractivity contribution in [3.8, 4) is 22.6 Å². The number of methoxy groups -OCH3 is 1. The average Bonchev–Trinajstić information content (AvgIpc) is 3.61. The molecule has 0 unspecified atom stereocenters. The Morgan fingerprint density at radius 1 is 0.944 bits per heavy atom. The number of rotatable bonds is 14. The molecule has 0 spiro atoms. The first-order valence-electron chi connectivity index (χ1n) is 16.8. The molecule has 3 aromatic carbocycles. The van der Waals surface area contributed by atoms with E-state index in [4.69, 9.17) is 9.47 Å². The first-order valence-corrected chi connectivity index (χ1v) is 18.7. The van der Waals surface area contributed by atoms with Gasteiger partial charge in [-0.25, -0.2) is 17.5 Å². The monoisotopic (exact) mass is 774 g/mol. The number of alkyl halides is 3. The number of carbonyl (C=O) groups is 3. The number of benzene rings is 3. The second-order valence-electron chi connectivity index (χ2n) is 12.3. The van der Waals surface area contributed by atoms with Crippen LogP contribution in [0.15, 0.2) is 71.6 Å². The van der Waals surface area contributed by atoms with E-state index in [1.807, 2.05) is 0 Å². The highest BCUT2D eigenvalue weighted by Gasteiger charge is 2.37. The maximum Gasteiger partial charge on any atom is 0.435 e. The van der Waals surface area contributed by atoms with Gasteiger partial charge in [-0.1, -0.05) is 24.3 Å². The molecule has 0 aliphatic carbocycles. The fourth-order valence-corrected chi connectivity index (χ4v) is 6.60. The Labute approximate surface area is 308 Å². The Morgan fingerprint density at radius 3 is 2.37 bits per heavy atom. The Balaban J connectivity index is 1.33. The van der Waals surface area contributed by atoms with Crippen LogP contribution in [0.25, 0.3) is 16.8 Å². The summed E-state index contributed by atoms with van der Waals surface area (Å²) >= 11 is 0. The fraction of sp³-hybridized carbons (Fsp3) is 0.333. The number of sulfone groups is 1. The Morgan fingerprint density at radius 2 is 1.69 bits per heavy atom. The summed E-state index contributed by atoms with van der Waals surface area (Å²) in [5.74, 6) is -2.97. The molecule has 3 N–H and O–H groups in total. The minimum atomic E-state index is -5.00. The van der Waals surface area contributed by atoms with Crippen molar-refractivity contribution in [3.63, 3.8) is 0 Å². The van der Waals surface area contributed by atoms with Gasteiger partial charge in [-0.15, -0.1) is 0 Å². The van der Waals surface area contributed by atoms with Gasteiger partial charge in [0, 0.05) is 57.0 Å². The van der Waals surface area contributed by atoms with Crippen LogP contribution >= 0.6 is 0 Å². The quantitative estimate of drug-likeness (QED) is 0.125. The molecule has 0 saturated carbocycles. The molecule has 0 atom stereocenters. The van der Waals surface area contributed by atoms with Gasteiger partial charge in [-0.3, -0.25) is 19.3 Å². The molecule has 3 amide bonds. The molecule has 13 nitrogen and oxygen atoms in total. The smallest absolute Gasteiger partial charge is 0.435 e. The van der Waals surface area contributed by atoms with Crippen LogP contribution in [0, 0.1) is 5.82 Å². The van der Waals surface area contributed by atoms with Crippen molar-refractivity contribution < 1.29 is 49.8 Å². The van der Waals surface area contributed by atoms with Crippen LogP contribution < -0.4 is 20.7 Å². The summed E-state index contributed by atoms with van der Waals surface area (Å²) in [7, 11) is -2.36. The molecule has 0 bridgehead atoms. The number of nitrogens with zero attached hydrogens (tertiary/aromatic N) is 3. The maximum absolute atomic E-state index is 15.4. The highest BCUT2D eigenvalue weighted by atomic mass is 32.2. The number of hydrogen-bond acceptors (Lipinski definition) is 9. The van der Waals surface area contributed by atoms with Crippen LogP contribution in [-0.4, -0.2) is 100 Å². The lowest BCUT2D eigenvalue weighted by atomic mass is 10.0. The van der Waals surface area contributed by atoms with Gasteiger partial charge in [0.2, 0.25) is 5.91 Å². The van der Waals surface area contributed by atoms with Gasteiger partial charge in [-0.2, -0.15) is 18.3 Å². The van der Waals surface area contributed by atoms with E-state index in [9.17, 15) is 36.0 Å². The zero-order valence-electron chi connectivity index (χ0n) is 29.3. The standard InChI is InChI=1S/C36H38F4N6O7S/c1-52-24-10-12-29(26(21-24)34(48)42-13-5-8-33(47)41-14-15-45-16-18-53-19-17-45)46-30(22-32(44-46)36(38,39)40)35(49)43-28-11-9-23(20-27(28)37)25-6-3-4-7-31(25)54(2,50)51/h3-4,6-7,9-12,20-22H,5,8,13-19H2,1-2H3,(H,41,47)(H,42,48)(H,43,49). The summed E-state index contributed by atoms with van der Waals surface area (Å²) in [6, 6.07) is 13.7. The number of halogens is 4. The van der Waals surface area contributed by atoms with E-state index in [-0.39, 0.29) is 58.3 Å². The Kier molecular flexibility index (Phi) is 12.7. The minimum Gasteiger partial charge on any atom is -0.497 e. The lowest BCUT2D eigenvalue weighted by molar-refractivity contribution is -0.141. The number of nitrogens with one attached hydrogen (secondary N) is 3. The van der Waals surface area contributed by atoms with Crippen molar-refractivity contribution in [2.24, 2.45) is 0 Å². The second-order valence-corrected chi connectivity index (χ2v) is 14.3. The van der Waals surface area contributed by atoms with Crippen LogP contribution in [0.4, 0.5) is 23.2 Å². The van der Waals surface area contributed by atoms with Crippen LogP contribution in [-0.2, 0) is 25.5 Å². The molecule has 1 aliphatic rings. The highest BCUT2D eigenvalue weighted by molar-refractivity contribution is 7.90. The summed E-state index contributed by atoms with van der Waals surface area (Å²) in [5.41, 5.74) is -2.59. The van der Waals surface area contributed by atoms with Gasteiger partial charge in [0.05, 0.1) is 42.2 Å². The van der Waals surface area contributed by atoms with Gasteiger partial charge in [-0.05, 0) is 48.4 Å². The third kappa shape index (κ3) is 10.00. The van der Waals surface area contributed by atoms with Gasteiger partial charge in [0.1, 0.15) is 17.3 Å². The van der Waals surface area contributed by atoms with Crippen molar-refractivity contribution in [1.29, 1.82) is 0 Å². The summed E-state index contributed by atoms with van der Waals surface area (Å²) in [6.07, 6.45) is -3.64. The van der Waals surface area contributed by atoms with Crippen LogP contribution in [0.1, 0.15) is 39.4 Å². The minimum absolute atomic E-state index is 0.0382.